The van der Waals surface area contributed by atoms with Gasteiger partial charge in [-0.15, -0.1) is 0 Å². The monoisotopic (exact) mass is 374 g/mol. The topological polar surface area (TPSA) is 17.1 Å². The zero-order valence-electron chi connectivity index (χ0n) is 13.5. The van der Waals surface area contributed by atoms with Gasteiger partial charge in [-0.1, -0.05) is 72.2 Å². The molecule has 24 heavy (non-hydrogen) atoms. The first-order chi connectivity index (χ1) is 11.5. The van der Waals surface area contributed by atoms with Crippen molar-refractivity contribution in [2.45, 2.75) is 19.3 Å². The summed E-state index contributed by atoms with van der Waals surface area (Å²) >= 11 is 3.49. The molecule has 0 aromatic heterocycles. The van der Waals surface area contributed by atoms with Crippen LogP contribution in [0.5, 0.6) is 0 Å². The maximum Gasteiger partial charge on any atom is 0.194 e. The van der Waals surface area contributed by atoms with Gasteiger partial charge in [0.05, 0.1) is 0 Å². The van der Waals surface area contributed by atoms with Crippen LogP contribution in [0.3, 0.4) is 0 Å². The molecule has 3 aromatic carbocycles. The molecule has 0 bridgehead atoms. The van der Waals surface area contributed by atoms with E-state index in [1.54, 1.807) is 0 Å². The van der Waals surface area contributed by atoms with Gasteiger partial charge in [0.2, 0.25) is 0 Å². The third kappa shape index (κ3) is 1.57. The summed E-state index contributed by atoms with van der Waals surface area (Å²) in [7, 11) is 0. The molecule has 0 saturated heterocycles. The average Bonchev–Trinajstić information content (AvgIpc) is 2.99. The smallest absolute Gasteiger partial charge is 0.194 e. The van der Waals surface area contributed by atoms with E-state index in [9.17, 15) is 4.79 Å². The Kier molecular flexibility index (Phi) is 2.63. The fourth-order valence-corrected chi connectivity index (χ4v) is 4.69. The Balaban J connectivity index is 1.94. The van der Waals surface area contributed by atoms with Crippen molar-refractivity contribution in [1.82, 2.24) is 0 Å². The molecule has 0 amide bonds. The maximum absolute atomic E-state index is 12.9. The number of ketones is 1. The van der Waals surface area contributed by atoms with Gasteiger partial charge in [-0.25, -0.2) is 0 Å². The molecule has 0 atom stereocenters. The van der Waals surface area contributed by atoms with Crippen LogP contribution < -0.4 is 0 Å². The Labute approximate surface area is 149 Å². The first-order valence-corrected chi connectivity index (χ1v) is 8.91. The summed E-state index contributed by atoms with van der Waals surface area (Å²) in [6, 6.07) is 18.8. The number of hydrogen-bond donors (Lipinski definition) is 0. The summed E-state index contributed by atoms with van der Waals surface area (Å²) in [6.07, 6.45) is 0. The van der Waals surface area contributed by atoms with Gasteiger partial charge in [0, 0.05) is 26.6 Å². The van der Waals surface area contributed by atoms with Gasteiger partial charge in [-0.05, 0) is 39.9 Å². The summed E-state index contributed by atoms with van der Waals surface area (Å²) in [5.41, 5.74) is 8.91. The highest BCUT2D eigenvalue weighted by Gasteiger charge is 2.40. The molecule has 0 N–H and O–H groups in total. The molecule has 0 radical (unpaired) electrons. The molecule has 116 valence electrons. The lowest BCUT2D eigenvalue weighted by atomic mass is 9.82. The second kappa shape index (κ2) is 4.46. The van der Waals surface area contributed by atoms with Gasteiger partial charge in [-0.2, -0.15) is 0 Å². The van der Waals surface area contributed by atoms with Crippen LogP contribution in [0.25, 0.3) is 22.3 Å². The van der Waals surface area contributed by atoms with Gasteiger partial charge in [0.25, 0.3) is 0 Å². The van der Waals surface area contributed by atoms with E-state index >= 15 is 0 Å². The van der Waals surface area contributed by atoms with E-state index < -0.39 is 0 Å². The third-order valence-electron chi connectivity index (χ3n) is 5.49. The van der Waals surface area contributed by atoms with Gasteiger partial charge < -0.3 is 0 Å². The minimum absolute atomic E-state index is 0.0396. The molecule has 3 aromatic rings. The molecule has 2 aliphatic rings. The number of halogens is 1. The molecule has 2 heteroatoms. The molecule has 5 rings (SSSR count). The van der Waals surface area contributed by atoms with E-state index in [-0.39, 0.29) is 11.2 Å². The second-order valence-corrected chi connectivity index (χ2v) is 8.02. The first-order valence-electron chi connectivity index (χ1n) is 8.12. The van der Waals surface area contributed by atoms with Crippen LogP contribution in [0.1, 0.15) is 40.9 Å². The third-order valence-corrected chi connectivity index (χ3v) is 5.98. The van der Waals surface area contributed by atoms with E-state index in [0.717, 1.165) is 26.7 Å². The molecule has 0 saturated carbocycles. The fourth-order valence-electron chi connectivity index (χ4n) is 4.33. The van der Waals surface area contributed by atoms with Crippen molar-refractivity contribution in [3.63, 3.8) is 0 Å². The summed E-state index contributed by atoms with van der Waals surface area (Å²) in [6.45, 7) is 4.53. The van der Waals surface area contributed by atoms with E-state index in [2.05, 4.69) is 66.2 Å². The lowest BCUT2D eigenvalue weighted by Crippen LogP contribution is -2.14. The summed E-state index contributed by atoms with van der Waals surface area (Å²) in [5.74, 6) is 0.131. The van der Waals surface area contributed by atoms with Gasteiger partial charge in [0.15, 0.2) is 5.78 Å². The highest BCUT2D eigenvalue weighted by molar-refractivity contribution is 9.10. The van der Waals surface area contributed by atoms with Crippen molar-refractivity contribution in [2.75, 3.05) is 0 Å². The maximum atomic E-state index is 12.9. The molecule has 0 unspecified atom stereocenters. The standard InChI is InChI=1S/C22H15BrO/c1-22(2)17-6-4-3-5-14(17)20-18(22)10-9-15-19(20)13-8-7-12(23)11-16(13)21(15)24/h3-11H,1-2H3. The lowest BCUT2D eigenvalue weighted by Gasteiger charge is -2.21. The largest absolute Gasteiger partial charge is 0.289 e. The van der Waals surface area contributed by atoms with Gasteiger partial charge in [0.1, 0.15) is 0 Å². The Morgan fingerprint density at radius 3 is 2.33 bits per heavy atom. The lowest BCUT2D eigenvalue weighted by molar-refractivity contribution is 0.104. The Morgan fingerprint density at radius 1 is 0.750 bits per heavy atom. The number of carbonyl (C=O) groups excluding carboxylic acids is 1. The summed E-state index contributed by atoms with van der Waals surface area (Å²) < 4.78 is 0.944. The highest BCUT2D eigenvalue weighted by atomic mass is 79.9. The molecular formula is C22H15BrO. The fraction of sp³-hybridized carbons (Fsp3) is 0.136. The molecule has 0 fully saturated rings. The van der Waals surface area contributed by atoms with E-state index in [1.165, 1.54) is 22.3 Å². The van der Waals surface area contributed by atoms with Crippen LogP contribution in [0, 0.1) is 0 Å². The van der Waals surface area contributed by atoms with Crippen molar-refractivity contribution in [3.05, 3.63) is 81.3 Å². The highest BCUT2D eigenvalue weighted by Crippen LogP contribution is 2.55. The molecular weight excluding hydrogens is 360 g/mol. The number of fused-ring (bicyclic) bond motifs is 7. The van der Waals surface area contributed by atoms with Crippen LogP contribution in [-0.2, 0) is 5.41 Å². The minimum Gasteiger partial charge on any atom is -0.289 e. The predicted molar refractivity (Wildman–Crippen MR) is 101 cm³/mol. The zero-order valence-corrected chi connectivity index (χ0v) is 15.1. The van der Waals surface area contributed by atoms with Crippen molar-refractivity contribution < 1.29 is 4.79 Å². The summed E-state index contributed by atoms with van der Waals surface area (Å²) in [5, 5.41) is 0. The normalized spacial score (nSPS) is 15.7. The van der Waals surface area contributed by atoms with Crippen molar-refractivity contribution >= 4 is 21.7 Å². The predicted octanol–water partition coefficient (Wildman–Crippen LogP) is 5.97. The van der Waals surface area contributed by atoms with Crippen molar-refractivity contribution in [3.8, 4) is 22.3 Å². The first kappa shape index (κ1) is 14.2. The van der Waals surface area contributed by atoms with Crippen molar-refractivity contribution in [1.29, 1.82) is 0 Å². The number of hydrogen-bond acceptors (Lipinski definition) is 1. The van der Waals surface area contributed by atoms with Crippen LogP contribution >= 0.6 is 15.9 Å². The van der Waals surface area contributed by atoms with Crippen LogP contribution in [0.15, 0.2) is 59.1 Å². The molecule has 0 heterocycles. The second-order valence-electron chi connectivity index (χ2n) is 7.10. The number of benzene rings is 3. The Bertz CT molecular complexity index is 1060. The van der Waals surface area contributed by atoms with Gasteiger partial charge in [-0.3, -0.25) is 4.79 Å². The summed E-state index contributed by atoms with van der Waals surface area (Å²) in [4.78, 5) is 12.9. The molecule has 1 nitrogen and oxygen atoms in total. The molecule has 0 spiro atoms. The number of rotatable bonds is 0. The average molecular weight is 375 g/mol. The Hall–Kier alpha value is -2.19. The van der Waals surface area contributed by atoms with E-state index in [1.807, 2.05) is 18.2 Å². The van der Waals surface area contributed by atoms with Gasteiger partial charge >= 0.3 is 0 Å². The minimum atomic E-state index is -0.0396. The number of carbonyl (C=O) groups is 1. The zero-order chi connectivity index (χ0) is 16.6. The van der Waals surface area contributed by atoms with E-state index in [4.69, 9.17) is 0 Å². The van der Waals surface area contributed by atoms with Crippen molar-refractivity contribution in [2.24, 2.45) is 0 Å². The quantitative estimate of drug-likeness (QED) is 0.370. The molecule has 0 aliphatic heterocycles. The molecule has 2 aliphatic carbocycles. The van der Waals surface area contributed by atoms with Crippen LogP contribution in [-0.4, -0.2) is 5.78 Å². The van der Waals surface area contributed by atoms with Crippen LogP contribution in [0.4, 0.5) is 0 Å². The van der Waals surface area contributed by atoms with E-state index in [0.29, 0.717) is 0 Å². The Morgan fingerprint density at radius 2 is 1.50 bits per heavy atom. The SMILES string of the molecule is CC1(C)c2ccccc2-c2c1ccc1c2-c2ccc(Br)cc2C1=O. The van der Waals surface area contributed by atoms with Crippen LogP contribution in [0.2, 0.25) is 0 Å².